The molecule has 0 atom stereocenters. The van der Waals surface area contributed by atoms with Crippen LogP contribution < -0.4 is 10.1 Å². The summed E-state index contributed by atoms with van der Waals surface area (Å²) >= 11 is 0. The van der Waals surface area contributed by atoms with Crippen molar-refractivity contribution in [3.63, 3.8) is 0 Å². The lowest BCUT2D eigenvalue weighted by molar-refractivity contribution is 0.276. The number of benzene rings is 2. The van der Waals surface area contributed by atoms with Crippen molar-refractivity contribution < 1.29 is 4.74 Å². The van der Waals surface area contributed by atoms with Crippen LogP contribution in [0, 0.1) is 5.92 Å². The van der Waals surface area contributed by atoms with E-state index in [9.17, 15) is 0 Å². The first kappa shape index (κ1) is 18.9. The molecule has 0 unspecified atom stereocenters. The van der Waals surface area contributed by atoms with Crippen molar-refractivity contribution in [2.75, 3.05) is 32.7 Å². The number of rotatable bonds is 12. The Bertz CT molecular complexity index is 622. The quantitative estimate of drug-likeness (QED) is 0.581. The highest BCUT2D eigenvalue weighted by molar-refractivity contribution is 5.28. The summed E-state index contributed by atoms with van der Waals surface area (Å²) in [4.78, 5) is 2.57. The van der Waals surface area contributed by atoms with Crippen LogP contribution in [-0.2, 0) is 13.0 Å². The van der Waals surface area contributed by atoms with Gasteiger partial charge in [0.05, 0.1) is 0 Å². The van der Waals surface area contributed by atoms with Crippen molar-refractivity contribution in [2.24, 2.45) is 5.92 Å². The normalized spacial score (nSPS) is 13.9. The molecule has 0 amide bonds. The van der Waals surface area contributed by atoms with E-state index in [4.69, 9.17) is 4.74 Å². The Morgan fingerprint density at radius 2 is 1.73 bits per heavy atom. The number of nitrogens with zero attached hydrogens (tertiary/aromatic N) is 1. The third-order valence-corrected chi connectivity index (χ3v) is 5.03. The van der Waals surface area contributed by atoms with Crippen molar-refractivity contribution in [1.29, 1.82) is 0 Å². The predicted molar refractivity (Wildman–Crippen MR) is 109 cm³/mol. The van der Waals surface area contributed by atoms with Crippen molar-refractivity contribution >= 4 is 0 Å². The smallest absolute Gasteiger partial charge is 0.119 e. The van der Waals surface area contributed by atoms with E-state index in [0.29, 0.717) is 6.61 Å². The molecule has 1 saturated carbocycles. The largest absolute Gasteiger partial charge is 0.489 e. The number of nitrogens with one attached hydrogen (secondary N) is 1. The molecular formula is C23H32N2O. The zero-order valence-electron chi connectivity index (χ0n) is 16.0. The molecule has 0 saturated heterocycles. The molecule has 3 rings (SSSR count). The van der Waals surface area contributed by atoms with Crippen LogP contribution in [0.25, 0.3) is 0 Å². The lowest BCUT2D eigenvalue weighted by Crippen LogP contribution is -2.34. The third-order valence-electron chi connectivity index (χ3n) is 5.03. The topological polar surface area (TPSA) is 24.5 Å². The van der Waals surface area contributed by atoms with E-state index in [1.54, 1.807) is 0 Å². The standard InChI is InChI=1S/C23H32N2O/c1-2-25(18-21-8-9-21)17-16-24-15-14-20-10-12-23(13-11-20)26-19-22-6-4-3-5-7-22/h3-7,10-13,21,24H,2,8-9,14-19H2,1H3. The second-order valence-corrected chi connectivity index (χ2v) is 7.25. The Balaban J connectivity index is 1.30. The first-order valence-electron chi connectivity index (χ1n) is 10.0. The molecule has 2 aromatic carbocycles. The van der Waals surface area contributed by atoms with Crippen LogP contribution >= 0.6 is 0 Å². The highest BCUT2D eigenvalue weighted by atomic mass is 16.5. The molecule has 0 heterocycles. The minimum absolute atomic E-state index is 0.622. The first-order valence-corrected chi connectivity index (χ1v) is 10.0. The summed E-state index contributed by atoms with van der Waals surface area (Å²) in [6.07, 6.45) is 3.94. The molecule has 3 nitrogen and oxygen atoms in total. The Labute approximate surface area is 158 Å². The molecule has 0 bridgehead atoms. The van der Waals surface area contributed by atoms with Gasteiger partial charge in [0.15, 0.2) is 0 Å². The summed E-state index contributed by atoms with van der Waals surface area (Å²) in [5.74, 6) is 1.92. The maximum Gasteiger partial charge on any atom is 0.119 e. The van der Waals surface area contributed by atoms with Gasteiger partial charge in [-0.25, -0.2) is 0 Å². The Kier molecular flexibility index (Phi) is 7.53. The van der Waals surface area contributed by atoms with E-state index < -0.39 is 0 Å². The van der Waals surface area contributed by atoms with Crippen molar-refractivity contribution in [1.82, 2.24) is 10.2 Å². The van der Waals surface area contributed by atoms with Crippen LogP contribution in [0.3, 0.4) is 0 Å². The zero-order valence-corrected chi connectivity index (χ0v) is 16.0. The lowest BCUT2D eigenvalue weighted by atomic mass is 10.1. The van der Waals surface area contributed by atoms with Gasteiger partial charge in [0.25, 0.3) is 0 Å². The van der Waals surface area contributed by atoms with Crippen molar-refractivity contribution in [3.8, 4) is 5.75 Å². The van der Waals surface area contributed by atoms with Gasteiger partial charge >= 0.3 is 0 Å². The minimum atomic E-state index is 0.622. The van der Waals surface area contributed by atoms with E-state index in [2.05, 4.69) is 53.5 Å². The van der Waals surface area contributed by atoms with E-state index in [-0.39, 0.29) is 0 Å². The molecular weight excluding hydrogens is 320 g/mol. The van der Waals surface area contributed by atoms with Gasteiger partial charge in [-0.05, 0) is 61.5 Å². The molecule has 3 heteroatoms. The van der Waals surface area contributed by atoms with Gasteiger partial charge in [0.2, 0.25) is 0 Å². The van der Waals surface area contributed by atoms with Gasteiger partial charge in [-0.15, -0.1) is 0 Å². The fraction of sp³-hybridized carbons (Fsp3) is 0.478. The first-order chi connectivity index (χ1) is 12.8. The van der Waals surface area contributed by atoms with Crippen LogP contribution in [0.4, 0.5) is 0 Å². The lowest BCUT2D eigenvalue weighted by Gasteiger charge is -2.20. The monoisotopic (exact) mass is 352 g/mol. The van der Waals surface area contributed by atoms with Gasteiger partial charge in [-0.2, -0.15) is 0 Å². The average Bonchev–Trinajstić information content (AvgIpc) is 3.51. The fourth-order valence-electron chi connectivity index (χ4n) is 3.13. The highest BCUT2D eigenvalue weighted by Gasteiger charge is 2.23. The molecule has 26 heavy (non-hydrogen) atoms. The van der Waals surface area contributed by atoms with Gasteiger partial charge in [0, 0.05) is 19.6 Å². The molecule has 1 N–H and O–H groups in total. The molecule has 2 aromatic rings. The molecule has 0 radical (unpaired) electrons. The molecule has 0 aromatic heterocycles. The van der Waals surface area contributed by atoms with Gasteiger partial charge in [0.1, 0.15) is 12.4 Å². The maximum atomic E-state index is 5.84. The summed E-state index contributed by atoms with van der Waals surface area (Å²) in [6, 6.07) is 18.8. The van der Waals surface area contributed by atoms with E-state index in [1.807, 2.05) is 18.2 Å². The molecule has 140 valence electrons. The summed E-state index contributed by atoms with van der Waals surface area (Å²) in [6.45, 7) is 8.63. The van der Waals surface area contributed by atoms with Crippen LogP contribution in [0.15, 0.2) is 54.6 Å². The summed E-state index contributed by atoms with van der Waals surface area (Å²) in [5.41, 5.74) is 2.55. The van der Waals surface area contributed by atoms with E-state index in [1.165, 1.54) is 43.6 Å². The van der Waals surface area contributed by atoms with Crippen LogP contribution in [0.2, 0.25) is 0 Å². The molecule has 1 aliphatic carbocycles. The van der Waals surface area contributed by atoms with Crippen LogP contribution in [0.1, 0.15) is 30.9 Å². The minimum Gasteiger partial charge on any atom is -0.489 e. The molecule has 1 aliphatic rings. The number of hydrogen-bond donors (Lipinski definition) is 1. The highest BCUT2D eigenvalue weighted by Crippen LogP contribution is 2.29. The molecule has 0 spiro atoms. The van der Waals surface area contributed by atoms with Crippen molar-refractivity contribution in [3.05, 3.63) is 65.7 Å². The molecule has 1 fully saturated rings. The van der Waals surface area contributed by atoms with Crippen molar-refractivity contribution in [2.45, 2.75) is 32.8 Å². The van der Waals surface area contributed by atoms with Gasteiger partial charge < -0.3 is 15.0 Å². The predicted octanol–water partition coefficient (Wildman–Crippen LogP) is 4.13. The van der Waals surface area contributed by atoms with Gasteiger partial charge in [-0.1, -0.05) is 49.4 Å². The van der Waals surface area contributed by atoms with Crippen LogP contribution in [-0.4, -0.2) is 37.6 Å². The maximum absolute atomic E-state index is 5.84. The number of ether oxygens (including phenoxy) is 1. The van der Waals surface area contributed by atoms with Gasteiger partial charge in [-0.3, -0.25) is 0 Å². The molecule has 0 aliphatic heterocycles. The number of likely N-dealkylation sites (N-methyl/N-ethyl adjacent to an activating group) is 1. The average molecular weight is 353 g/mol. The Morgan fingerprint density at radius 1 is 0.962 bits per heavy atom. The summed E-state index contributed by atoms with van der Waals surface area (Å²) < 4.78 is 5.84. The second-order valence-electron chi connectivity index (χ2n) is 7.25. The number of hydrogen-bond acceptors (Lipinski definition) is 3. The SMILES string of the molecule is CCN(CCNCCc1ccc(OCc2ccccc2)cc1)CC1CC1. The fourth-order valence-corrected chi connectivity index (χ4v) is 3.13. The Morgan fingerprint density at radius 3 is 2.42 bits per heavy atom. The van der Waals surface area contributed by atoms with E-state index >= 15 is 0 Å². The van der Waals surface area contributed by atoms with Crippen LogP contribution in [0.5, 0.6) is 5.75 Å². The zero-order chi connectivity index (χ0) is 18.0. The van der Waals surface area contributed by atoms with E-state index in [0.717, 1.165) is 31.2 Å². The second kappa shape index (κ2) is 10.3. The third kappa shape index (κ3) is 6.81. The summed E-state index contributed by atoms with van der Waals surface area (Å²) in [5, 5.41) is 3.58. The summed E-state index contributed by atoms with van der Waals surface area (Å²) in [7, 11) is 0. The Hall–Kier alpha value is -1.84.